The second kappa shape index (κ2) is 11.2. The first-order valence-electron chi connectivity index (χ1n) is 8.59. The van der Waals surface area contributed by atoms with Crippen molar-refractivity contribution in [3.8, 4) is 5.75 Å². The highest BCUT2D eigenvalue weighted by atomic mass is 32.2. The number of ether oxygens (including phenoxy) is 1. The van der Waals surface area contributed by atoms with Gasteiger partial charge in [-0.25, -0.2) is 4.79 Å². The first-order chi connectivity index (χ1) is 12.7. The summed E-state index contributed by atoms with van der Waals surface area (Å²) in [5.74, 6) is 2.01. The summed E-state index contributed by atoms with van der Waals surface area (Å²) in [7, 11) is 0. The van der Waals surface area contributed by atoms with E-state index >= 15 is 0 Å². The number of carbonyl (C=O) groups is 2. The highest BCUT2D eigenvalue weighted by molar-refractivity contribution is 7.98. The Labute approximate surface area is 158 Å². The molecule has 0 bridgehead atoms. The predicted octanol–water partition coefficient (Wildman–Crippen LogP) is 3.73. The first-order valence-corrected chi connectivity index (χ1v) is 9.74. The van der Waals surface area contributed by atoms with Gasteiger partial charge in [0, 0.05) is 30.0 Å². The van der Waals surface area contributed by atoms with E-state index in [0.717, 1.165) is 22.6 Å². The smallest absolute Gasteiger partial charge is 0.321 e. The molecular weight excluding hydrogens is 348 g/mol. The van der Waals surface area contributed by atoms with Gasteiger partial charge in [0.2, 0.25) is 5.91 Å². The van der Waals surface area contributed by atoms with Crippen molar-refractivity contribution in [1.82, 2.24) is 10.6 Å². The second-order valence-corrected chi connectivity index (χ2v) is 6.66. The summed E-state index contributed by atoms with van der Waals surface area (Å²) >= 11 is 1.64. The van der Waals surface area contributed by atoms with Crippen LogP contribution in [0.25, 0.3) is 0 Å². The molecule has 0 aliphatic carbocycles. The molecule has 138 valence electrons. The highest BCUT2D eigenvalue weighted by Gasteiger charge is 2.08. The Kier molecular flexibility index (Phi) is 8.55. The molecule has 0 saturated heterocycles. The molecule has 0 unspecified atom stereocenters. The van der Waals surface area contributed by atoms with E-state index in [9.17, 15) is 9.59 Å². The maximum absolute atomic E-state index is 11.8. The lowest BCUT2D eigenvalue weighted by Crippen LogP contribution is -2.39. The van der Waals surface area contributed by atoms with Gasteiger partial charge in [0.1, 0.15) is 5.75 Å². The van der Waals surface area contributed by atoms with E-state index in [0.29, 0.717) is 25.3 Å². The van der Waals surface area contributed by atoms with E-state index in [-0.39, 0.29) is 5.91 Å². The van der Waals surface area contributed by atoms with Crippen molar-refractivity contribution in [2.75, 3.05) is 12.4 Å². The second-order valence-electron chi connectivity index (χ2n) is 5.56. The number of benzene rings is 2. The van der Waals surface area contributed by atoms with Gasteiger partial charge in [0.05, 0.1) is 6.61 Å². The molecule has 0 fully saturated rings. The number of imide groups is 1. The minimum atomic E-state index is -0.467. The number of amides is 3. The molecule has 5 nitrogen and oxygen atoms in total. The van der Waals surface area contributed by atoms with Crippen LogP contribution in [0.1, 0.15) is 24.5 Å². The number of thioether (sulfide) groups is 1. The fourth-order valence-corrected chi connectivity index (χ4v) is 3.21. The Bertz CT molecular complexity index is 707. The number of para-hydroxylation sites is 1. The molecule has 0 heterocycles. The summed E-state index contributed by atoms with van der Waals surface area (Å²) in [6.07, 6.45) is 0.292. The van der Waals surface area contributed by atoms with Crippen molar-refractivity contribution in [3.63, 3.8) is 0 Å². The van der Waals surface area contributed by atoms with E-state index in [1.54, 1.807) is 11.8 Å². The van der Waals surface area contributed by atoms with Gasteiger partial charge in [0.15, 0.2) is 0 Å². The van der Waals surface area contributed by atoms with Gasteiger partial charge in [-0.05, 0) is 18.6 Å². The number of carbonyl (C=O) groups excluding carboxylic acids is 2. The molecule has 0 aliphatic rings. The Morgan fingerprint density at radius 2 is 1.77 bits per heavy atom. The van der Waals surface area contributed by atoms with Gasteiger partial charge in [-0.1, -0.05) is 48.5 Å². The third-order valence-electron chi connectivity index (χ3n) is 3.55. The Balaban J connectivity index is 1.63. The van der Waals surface area contributed by atoms with E-state index in [4.69, 9.17) is 4.74 Å². The van der Waals surface area contributed by atoms with Crippen LogP contribution in [0, 0.1) is 0 Å². The van der Waals surface area contributed by atoms with Gasteiger partial charge >= 0.3 is 6.03 Å². The SMILES string of the molecule is CCOc1ccccc1CSCCC(=O)NC(=O)NCc1ccccc1. The summed E-state index contributed by atoms with van der Waals surface area (Å²) < 4.78 is 5.59. The molecule has 0 aliphatic heterocycles. The van der Waals surface area contributed by atoms with Crippen molar-refractivity contribution in [2.24, 2.45) is 0 Å². The summed E-state index contributed by atoms with van der Waals surface area (Å²) in [4.78, 5) is 23.6. The van der Waals surface area contributed by atoms with Crippen LogP contribution in [0.4, 0.5) is 4.79 Å². The van der Waals surface area contributed by atoms with Crippen molar-refractivity contribution in [2.45, 2.75) is 25.6 Å². The van der Waals surface area contributed by atoms with Crippen molar-refractivity contribution in [3.05, 3.63) is 65.7 Å². The number of nitrogens with one attached hydrogen (secondary N) is 2. The lowest BCUT2D eigenvalue weighted by molar-refractivity contribution is -0.119. The summed E-state index contributed by atoms with van der Waals surface area (Å²) in [5.41, 5.74) is 2.10. The Morgan fingerprint density at radius 1 is 1.04 bits per heavy atom. The molecule has 3 amide bonds. The van der Waals surface area contributed by atoms with E-state index < -0.39 is 6.03 Å². The van der Waals surface area contributed by atoms with Crippen LogP contribution in [-0.2, 0) is 17.1 Å². The van der Waals surface area contributed by atoms with Crippen LogP contribution < -0.4 is 15.4 Å². The molecule has 0 aromatic heterocycles. The molecule has 2 rings (SSSR count). The minimum absolute atomic E-state index is 0.277. The third kappa shape index (κ3) is 7.19. The monoisotopic (exact) mass is 372 g/mol. The lowest BCUT2D eigenvalue weighted by Gasteiger charge is -2.10. The quantitative estimate of drug-likeness (QED) is 0.658. The van der Waals surface area contributed by atoms with Gasteiger partial charge < -0.3 is 10.1 Å². The zero-order chi connectivity index (χ0) is 18.6. The number of rotatable bonds is 9. The predicted molar refractivity (Wildman–Crippen MR) is 105 cm³/mol. The van der Waals surface area contributed by atoms with Crippen molar-refractivity contribution < 1.29 is 14.3 Å². The van der Waals surface area contributed by atoms with Crippen LogP contribution in [0.5, 0.6) is 5.75 Å². The van der Waals surface area contributed by atoms with Crippen molar-refractivity contribution >= 4 is 23.7 Å². The first kappa shape index (κ1) is 19.8. The van der Waals surface area contributed by atoms with E-state index in [1.807, 2.05) is 61.5 Å². The topological polar surface area (TPSA) is 67.4 Å². The number of urea groups is 1. The molecule has 0 atom stereocenters. The van der Waals surface area contributed by atoms with E-state index in [2.05, 4.69) is 10.6 Å². The summed E-state index contributed by atoms with van der Waals surface area (Å²) in [5, 5.41) is 5.03. The normalized spacial score (nSPS) is 10.2. The average molecular weight is 372 g/mol. The largest absolute Gasteiger partial charge is 0.494 e. The van der Waals surface area contributed by atoms with Gasteiger partial charge in [-0.3, -0.25) is 10.1 Å². The van der Waals surface area contributed by atoms with Gasteiger partial charge in [-0.2, -0.15) is 11.8 Å². The van der Waals surface area contributed by atoms with Crippen LogP contribution in [-0.4, -0.2) is 24.3 Å². The zero-order valence-corrected chi connectivity index (χ0v) is 15.7. The maximum Gasteiger partial charge on any atom is 0.321 e. The Hall–Kier alpha value is -2.47. The van der Waals surface area contributed by atoms with Gasteiger partial charge in [0.25, 0.3) is 0 Å². The minimum Gasteiger partial charge on any atom is -0.494 e. The fraction of sp³-hybridized carbons (Fsp3) is 0.300. The molecular formula is C20H24N2O3S. The van der Waals surface area contributed by atoms with Crippen LogP contribution in [0.3, 0.4) is 0 Å². The molecule has 0 spiro atoms. The maximum atomic E-state index is 11.8. The Morgan fingerprint density at radius 3 is 2.54 bits per heavy atom. The average Bonchev–Trinajstić information content (AvgIpc) is 2.66. The molecule has 2 N–H and O–H groups in total. The van der Waals surface area contributed by atoms with Crippen molar-refractivity contribution in [1.29, 1.82) is 0 Å². The molecule has 0 saturated carbocycles. The third-order valence-corrected chi connectivity index (χ3v) is 4.56. The molecule has 2 aromatic carbocycles. The highest BCUT2D eigenvalue weighted by Crippen LogP contribution is 2.23. The van der Waals surface area contributed by atoms with Gasteiger partial charge in [-0.15, -0.1) is 0 Å². The molecule has 2 aromatic rings. The van der Waals surface area contributed by atoms with Crippen LogP contribution in [0.15, 0.2) is 54.6 Å². The molecule has 6 heteroatoms. The van der Waals surface area contributed by atoms with Crippen LogP contribution >= 0.6 is 11.8 Å². The van der Waals surface area contributed by atoms with Crippen LogP contribution in [0.2, 0.25) is 0 Å². The molecule has 26 heavy (non-hydrogen) atoms. The molecule has 0 radical (unpaired) electrons. The lowest BCUT2D eigenvalue weighted by atomic mass is 10.2. The number of hydrogen-bond donors (Lipinski definition) is 2. The summed E-state index contributed by atoms with van der Waals surface area (Å²) in [6.45, 7) is 2.97. The standard InChI is InChI=1S/C20H24N2O3S/c1-2-25-18-11-7-6-10-17(18)15-26-13-12-19(23)22-20(24)21-14-16-8-4-3-5-9-16/h3-11H,2,12-15H2,1H3,(H2,21,22,23,24). The zero-order valence-electron chi connectivity index (χ0n) is 14.9. The van der Waals surface area contributed by atoms with E-state index in [1.165, 1.54) is 0 Å². The summed E-state index contributed by atoms with van der Waals surface area (Å²) in [6, 6.07) is 17.0. The number of hydrogen-bond acceptors (Lipinski definition) is 4. The fourth-order valence-electron chi connectivity index (χ4n) is 2.28.